The normalized spacial score (nSPS) is 11.0. The van der Waals surface area contributed by atoms with Crippen LogP contribution in [-0.2, 0) is 6.54 Å². The number of nitrogens with zero attached hydrogens (tertiary/aromatic N) is 4. The summed E-state index contributed by atoms with van der Waals surface area (Å²) in [7, 11) is 0. The molecule has 3 rings (SSSR count). The number of ether oxygens (including phenoxy) is 1. The van der Waals surface area contributed by atoms with E-state index in [0.717, 1.165) is 22.7 Å². The fraction of sp³-hybridized carbons (Fsp3) is 0.350. The molecule has 0 radical (unpaired) electrons. The van der Waals surface area contributed by atoms with Gasteiger partial charge in [-0.15, -0.1) is 0 Å². The number of aromatic nitrogens is 4. The average molecular weight is 351 g/mol. The summed E-state index contributed by atoms with van der Waals surface area (Å²) in [6, 6.07) is 10.1. The third kappa shape index (κ3) is 4.59. The SMILES string of the molecule is Cc1cc(C)n(-c2cncc(NCc3cccc(OCC(C)C)c3)n2)n1. The first-order chi connectivity index (χ1) is 12.5. The topological polar surface area (TPSA) is 64.9 Å². The largest absolute Gasteiger partial charge is 0.493 e. The molecule has 0 fully saturated rings. The van der Waals surface area contributed by atoms with Crippen molar-refractivity contribution in [3.8, 4) is 11.6 Å². The maximum absolute atomic E-state index is 5.79. The molecule has 1 aromatic carbocycles. The molecule has 0 amide bonds. The van der Waals surface area contributed by atoms with E-state index in [4.69, 9.17) is 4.74 Å². The van der Waals surface area contributed by atoms with Crippen LogP contribution in [0.15, 0.2) is 42.7 Å². The molecular formula is C20H25N5O. The Morgan fingerprint density at radius 2 is 2.00 bits per heavy atom. The average Bonchev–Trinajstić information content (AvgIpc) is 2.97. The van der Waals surface area contributed by atoms with Gasteiger partial charge in [0.2, 0.25) is 0 Å². The van der Waals surface area contributed by atoms with Crippen molar-refractivity contribution in [2.45, 2.75) is 34.2 Å². The summed E-state index contributed by atoms with van der Waals surface area (Å²) >= 11 is 0. The molecule has 1 N–H and O–H groups in total. The van der Waals surface area contributed by atoms with E-state index in [1.54, 1.807) is 17.1 Å². The number of nitrogens with one attached hydrogen (secondary N) is 1. The highest BCUT2D eigenvalue weighted by molar-refractivity contribution is 5.38. The van der Waals surface area contributed by atoms with Gasteiger partial charge in [0.25, 0.3) is 0 Å². The quantitative estimate of drug-likeness (QED) is 0.699. The van der Waals surface area contributed by atoms with Crippen LogP contribution < -0.4 is 10.1 Å². The maximum Gasteiger partial charge on any atom is 0.174 e. The summed E-state index contributed by atoms with van der Waals surface area (Å²) in [5.41, 5.74) is 3.12. The Hall–Kier alpha value is -2.89. The smallest absolute Gasteiger partial charge is 0.174 e. The summed E-state index contributed by atoms with van der Waals surface area (Å²) in [5.74, 6) is 2.81. The van der Waals surface area contributed by atoms with Crippen molar-refractivity contribution in [3.63, 3.8) is 0 Å². The molecular weight excluding hydrogens is 326 g/mol. The van der Waals surface area contributed by atoms with Gasteiger partial charge in [-0.1, -0.05) is 26.0 Å². The van der Waals surface area contributed by atoms with Crippen LogP contribution >= 0.6 is 0 Å². The molecule has 0 atom stereocenters. The molecule has 0 aliphatic rings. The lowest BCUT2D eigenvalue weighted by Gasteiger charge is -2.11. The molecule has 136 valence electrons. The first kappa shape index (κ1) is 17.9. The van der Waals surface area contributed by atoms with Crippen LogP contribution in [0.5, 0.6) is 5.75 Å². The number of rotatable bonds is 7. The zero-order valence-corrected chi connectivity index (χ0v) is 15.7. The predicted octanol–water partition coefficient (Wildman–Crippen LogP) is 3.93. The fourth-order valence-electron chi connectivity index (χ4n) is 2.60. The van der Waals surface area contributed by atoms with Crippen LogP contribution in [0.4, 0.5) is 5.82 Å². The van der Waals surface area contributed by atoms with Crippen LogP contribution in [0.3, 0.4) is 0 Å². The number of hydrogen-bond donors (Lipinski definition) is 1. The van der Waals surface area contributed by atoms with E-state index >= 15 is 0 Å². The molecule has 6 nitrogen and oxygen atoms in total. The molecule has 0 aliphatic heterocycles. The van der Waals surface area contributed by atoms with Gasteiger partial charge in [0, 0.05) is 12.2 Å². The second-order valence-electron chi connectivity index (χ2n) is 6.81. The highest BCUT2D eigenvalue weighted by Gasteiger charge is 2.07. The molecule has 0 unspecified atom stereocenters. The molecule has 0 saturated carbocycles. The Kier molecular flexibility index (Phi) is 5.51. The van der Waals surface area contributed by atoms with Gasteiger partial charge in [-0.05, 0) is 43.5 Å². The van der Waals surface area contributed by atoms with Crippen LogP contribution in [0.25, 0.3) is 5.82 Å². The van der Waals surface area contributed by atoms with Crippen molar-refractivity contribution in [3.05, 3.63) is 59.7 Å². The standard InChI is InChI=1S/C20H25N5O/c1-14(2)13-26-18-7-5-6-17(9-18)10-22-19-11-21-12-20(23-19)25-16(4)8-15(3)24-25/h5-9,11-12,14H,10,13H2,1-4H3,(H,22,23). The van der Waals surface area contributed by atoms with Gasteiger partial charge in [-0.2, -0.15) is 5.10 Å². The van der Waals surface area contributed by atoms with Crippen molar-refractivity contribution >= 4 is 5.82 Å². The maximum atomic E-state index is 5.79. The Morgan fingerprint density at radius 3 is 2.73 bits per heavy atom. The van der Waals surface area contributed by atoms with Gasteiger partial charge in [0.1, 0.15) is 11.6 Å². The fourth-order valence-corrected chi connectivity index (χ4v) is 2.60. The highest BCUT2D eigenvalue weighted by Crippen LogP contribution is 2.16. The molecule has 3 aromatic rings. The monoisotopic (exact) mass is 351 g/mol. The third-order valence-electron chi connectivity index (χ3n) is 3.80. The van der Waals surface area contributed by atoms with E-state index < -0.39 is 0 Å². The first-order valence-corrected chi connectivity index (χ1v) is 8.82. The third-order valence-corrected chi connectivity index (χ3v) is 3.80. The van der Waals surface area contributed by atoms with Crippen LogP contribution in [-0.4, -0.2) is 26.4 Å². The molecule has 2 heterocycles. The molecule has 6 heteroatoms. The zero-order chi connectivity index (χ0) is 18.5. The molecule has 0 bridgehead atoms. The molecule has 0 saturated heterocycles. The van der Waals surface area contributed by atoms with Crippen molar-refractivity contribution in [1.82, 2.24) is 19.7 Å². The van der Waals surface area contributed by atoms with Crippen LogP contribution in [0.2, 0.25) is 0 Å². The van der Waals surface area contributed by atoms with Gasteiger partial charge in [0.15, 0.2) is 5.82 Å². The van der Waals surface area contributed by atoms with Gasteiger partial charge in [-0.25, -0.2) is 9.67 Å². The molecule has 0 aliphatic carbocycles. The van der Waals surface area contributed by atoms with Crippen molar-refractivity contribution in [2.24, 2.45) is 5.92 Å². The lowest BCUT2D eigenvalue weighted by molar-refractivity contribution is 0.271. The molecule has 26 heavy (non-hydrogen) atoms. The molecule has 2 aromatic heterocycles. The predicted molar refractivity (Wildman–Crippen MR) is 103 cm³/mol. The zero-order valence-electron chi connectivity index (χ0n) is 15.7. The number of benzene rings is 1. The minimum atomic E-state index is 0.504. The van der Waals surface area contributed by atoms with Crippen molar-refractivity contribution < 1.29 is 4.74 Å². The van der Waals surface area contributed by atoms with E-state index in [9.17, 15) is 0 Å². The first-order valence-electron chi connectivity index (χ1n) is 8.82. The Bertz CT molecular complexity index is 872. The number of aryl methyl sites for hydroxylation is 2. The van der Waals surface area contributed by atoms with E-state index in [1.807, 2.05) is 38.1 Å². The van der Waals surface area contributed by atoms with E-state index in [1.165, 1.54) is 0 Å². The second-order valence-corrected chi connectivity index (χ2v) is 6.81. The van der Waals surface area contributed by atoms with Crippen LogP contribution in [0, 0.1) is 19.8 Å². The van der Waals surface area contributed by atoms with Crippen molar-refractivity contribution in [1.29, 1.82) is 0 Å². The Morgan fingerprint density at radius 1 is 1.15 bits per heavy atom. The van der Waals surface area contributed by atoms with E-state index in [2.05, 4.69) is 40.3 Å². The van der Waals surface area contributed by atoms with Gasteiger partial charge in [-0.3, -0.25) is 4.98 Å². The van der Waals surface area contributed by atoms with E-state index in [0.29, 0.717) is 30.7 Å². The molecule has 0 spiro atoms. The van der Waals surface area contributed by atoms with Gasteiger partial charge in [0.05, 0.1) is 24.7 Å². The van der Waals surface area contributed by atoms with Gasteiger partial charge >= 0.3 is 0 Å². The lowest BCUT2D eigenvalue weighted by Crippen LogP contribution is -2.08. The summed E-state index contributed by atoms with van der Waals surface area (Å²) in [5, 5.41) is 7.78. The van der Waals surface area contributed by atoms with E-state index in [-0.39, 0.29) is 0 Å². The van der Waals surface area contributed by atoms with Gasteiger partial charge < -0.3 is 10.1 Å². The lowest BCUT2D eigenvalue weighted by atomic mass is 10.2. The Balaban J connectivity index is 1.68. The minimum Gasteiger partial charge on any atom is -0.493 e. The minimum absolute atomic E-state index is 0.504. The Labute approximate surface area is 154 Å². The van der Waals surface area contributed by atoms with Crippen LogP contribution in [0.1, 0.15) is 30.8 Å². The highest BCUT2D eigenvalue weighted by atomic mass is 16.5. The summed E-state index contributed by atoms with van der Waals surface area (Å²) in [6.45, 7) is 9.61. The number of hydrogen-bond acceptors (Lipinski definition) is 5. The summed E-state index contributed by atoms with van der Waals surface area (Å²) in [4.78, 5) is 8.89. The summed E-state index contributed by atoms with van der Waals surface area (Å²) in [6.07, 6.45) is 3.43. The summed E-state index contributed by atoms with van der Waals surface area (Å²) < 4.78 is 7.58. The second kappa shape index (κ2) is 7.99. The van der Waals surface area contributed by atoms with Crippen molar-refractivity contribution in [2.75, 3.05) is 11.9 Å². The number of anilines is 1.